The molecule has 1 atom stereocenters. The lowest BCUT2D eigenvalue weighted by atomic mass is 9.85. The number of rotatable bonds is 7. The van der Waals surface area contributed by atoms with Crippen LogP contribution in [0.5, 0.6) is 0 Å². The Hall–Kier alpha value is -4.19. The number of nitrogens with one attached hydrogen (secondary N) is 1. The summed E-state index contributed by atoms with van der Waals surface area (Å²) in [5.74, 6) is 0.222. The number of likely N-dealkylation sites (tertiary alicyclic amines) is 1. The fourth-order valence-electron chi connectivity index (χ4n) is 5.82. The number of hydrogen-bond acceptors (Lipinski definition) is 4. The molecule has 2 amide bonds. The molecular weight excluding hydrogens is 522 g/mol. The van der Waals surface area contributed by atoms with Gasteiger partial charge in [-0.1, -0.05) is 85.8 Å². The number of piperidine rings is 1. The zero-order valence-electron chi connectivity index (χ0n) is 25.1. The zero-order valence-corrected chi connectivity index (χ0v) is 25.1. The van der Waals surface area contributed by atoms with Crippen LogP contribution in [0.15, 0.2) is 84.9 Å². The van der Waals surface area contributed by atoms with E-state index in [0.29, 0.717) is 31.0 Å². The largest absolute Gasteiger partial charge is 0.444 e. The van der Waals surface area contributed by atoms with E-state index >= 15 is 0 Å². The molecule has 1 aliphatic heterocycles. The maximum atomic E-state index is 14.3. The lowest BCUT2D eigenvalue weighted by molar-refractivity contribution is 0.0184. The summed E-state index contributed by atoms with van der Waals surface area (Å²) in [5, 5.41) is 4.22. The highest BCUT2D eigenvalue weighted by Gasteiger charge is 2.30. The molecule has 218 valence electrons. The summed E-state index contributed by atoms with van der Waals surface area (Å²) in [7, 11) is 0. The third kappa shape index (κ3) is 6.81. The number of hydrogen-bond donors (Lipinski definition) is 1. The van der Waals surface area contributed by atoms with E-state index in [1.165, 1.54) is 0 Å². The number of benzene rings is 3. The first-order chi connectivity index (χ1) is 20.2. The van der Waals surface area contributed by atoms with Crippen LogP contribution < -0.4 is 5.32 Å². The minimum Gasteiger partial charge on any atom is -0.444 e. The Bertz CT molecular complexity index is 1520. The Morgan fingerprint density at radius 1 is 0.929 bits per heavy atom. The standard InChI is InChI=1S/C36H41N3O3/c1-5-30(26-14-8-6-9-15-26)38-34(40)32-28-18-12-13-19-31(28)37-33(27-16-10-7-11-17-27)29(32)24-25-20-22-39(23-21-25)35(41)42-36(2,3)4/h6-19,25,30H,5,20-24H2,1-4H3,(H,38,40). The van der Waals surface area contributed by atoms with E-state index in [-0.39, 0.29) is 18.0 Å². The van der Waals surface area contributed by atoms with E-state index in [1.807, 2.05) is 81.4 Å². The number of amides is 2. The lowest BCUT2D eigenvalue weighted by Gasteiger charge is -2.34. The third-order valence-electron chi connectivity index (χ3n) is 7.94. The van der Waals surface area contributed by atoms with Crippen molar-refractivity contribution in [2.24, 2.45) is 5.92 Å². The van der Waals surface area contributed by atoms with Crippen LogP contribution in [-0.4, -0.2) is 40.6 Å². The first-order valence-corrected chi connectivity index (χ1v) is 15.0. The molecule has 5 rings (SSSR count). The highest BCUT2D eigenvalue weighted by molar-refractivity contribution is 6.09. The molecule has 0 saturated carbocycles. The molecule has 0 spiro atoms. The first-order valence-electron chi connectivity index (χ1n) is 15.0. The molecule has 0 radical (unpaired) electrons. The molecule has 0 bridgehead atoms. The number of aromatic nitrogens is 1. The number of carbonyl (C=O) groups is 2. The highest BCUT2D eigenvalue weighted by Crippen LogP contribution is 2.35. The summed E-state index contributed by atoms with van der Waals surface area (Å²) in [4.78, 5) is 33.9. The monoisotopic (exact) mass is 563 g/mol. The van der Waals surface area contributed by atoms with Crippen LogP contribution in [0, 0.1) is 5.92 Å². The normalized spacial score (nSPS) is 14.9. The predicted octanol–water partition coefficient (Wildman–Crippen LogP) is 7.97. The molecule has 1 N–H and O–H groups in total. The second-order valence-corrected chi connectivity index (χ2v) is 12.2. The van der Waals surface area contributed by atoms with Crippen LogP contribution in [0.1, 0.15) is 74.5 Å². The van der Waals surface area contributed by atoms with Gasteiger partial charge < -0.3 is 15.0 Å². The van der Waals surface area contributed by atoms with Crippen molar-refractivity contribution in [1.82, 2.24) is 15.2 Å². The number of nitrogens with zero attached hydrogens (tertiary/aromatic N) is 2. The van der Waals surface area contributed by atoms with Gasteiger partial charge in [-0.3, -0.25) is 4.79 Å². The van der Waals surface area contributed by atoms with Gasteiger partial charge in [0.2, 0.25) is 0 Å². The minimum absolute atomic E-state index is 0.0809. The number of para-hydroxylation sites is 1. The van der Waals surface area contributed by atoms with Gasteiger partial charge in [-0.15, -0.1) is 0 Å². The summed E-state index contributed by atoms with van der Waals surface area (Å²) in [6, 6.07) is 28.1. The van der Waals surface area contributed by atoms with Crippen molar-refractivity contribution in [3.63, 3.8) is 0 Å². The maximum absolute atomic E-state index is 14.3. The maximum Gasteiger partial charge on any atom is 0.410 e. The van der Waals surface area contributed by atoms with E-state index in [4.69, 9.17) is 9.72 Å². The van der Waals surface area contributed by atoms with Crippen LogP contribution >= 0.6 is 0 Å². The second kappa shape index (κ2) is 12.8. The number of fused-ring (bicyclic) bond motifs is 1. The van der Waals surface area contributed by atoms with Crippen LogP contribution in [0.2, 0.25) is 0 Å². The SMILES string of the molecule is CCC(NC(=O)c1c(CC2CCN(C(=O)OC(C)(C)C)CC2)c(-c2ccccc2)nc2ccccc12)c1ccccc1. The Morgan fingerprint density at radius 2 is 1.55 bits per heavy atom. The van der Waals surface area contributed by atoms with E-state index in [1.54, 1.807) is 4.90 Å². The van der Waals surface area contributed by atoms with Crippen LogP contribution in [-0.2, 0) is 11.2 Å². The number of ether oxygens (including phenoxy) is 1. The lowest BCUT2D eigenvalue weighted by Crippen LogP contribution is -2.42. The van der Waals surface area contributed by atoms with E-state index < -0.39 is 5.60 Å². The average molecular weight is 564 g/mol. The predicted molar refractivity (Wildman–Crippen MR) is 168 cm³/mol. The van der Waals surface area contributed by atoms with Crippen molar-refractivity contribution in [3.05, 3.63) is 102 Å². The molecular formula is C36H41N3O3. The zero-order chi connectivity index (χ0) is 29.7. The van der Waals surface area contributed by atoms with Gasteiger partial charge >= 0.3 is 6.09 Å². The molecule has 1 fully saturated rings. The van der Waals surface area contributed by atoms with Crippen molar-refractivity contribution in [3.8, 4) is 11.3 Å². The Balaban J connectivity index is 1.52. The minimum atomic E-state index is -0.520. The fraction of sp³-hybridized carbons (Fsp3) is 0.361. The van der Waals surface area contributed by atoms with Crippen molar-refractivity contribution in [2.75, 3.05) is 13.1 Å². The van der Waals surface area contributed by atoms with Gasteiger partial charge in [-0.2, -0.15) is 0 Å². The topological polar surface area (TPSA) is 71.5 Å². The van der Waals surface area contributed by atoms with Crippen molar-refractivity contribution in [1.29, 1.82) is 0 Å². The van der Waals surface area contributed by atoms with Gasteiger partial charge in [0, 0.05) is 24.0 Å². The Labute approximate surface area is 249 Å². The van der Waals surface area contributed by atoms with Crippen LogP contribution in [0.3, 0.4) is 0 Å². The summed E-state index contributed by atoms with van der Waals surface area (Å²) >= 11 is 0. The van der Waals surface area contributed by atoms with Gasteiger partial charge in [0.1, 0.15) is 5.60 Å². The highest BCUT2D eigenvalue weighted by atomic mass is 16.6. The van der Waals surface area contributed by atoms with Crippen molar-refractivity contribution in [2.45, 2.75) is 65.0 Å². The quantitative estimate of drug-likeness (QED) is 0.248. The second-order valence-electron chi connectivity index (χ2n) is 12.2. The molecule has 1 aliphatic rings. The molecule has 1 unspecified atom stereocenters. The van der Waals surface area contributed by atoms with Gasteiger partial charge in [-0.25, -0.2) is 9.78 Å². The molecule has 1 saturated heterocycles. The molecule has 1 aromatic heterocycles. The summed E-state index contributed by atoms with van der Waals surface area (Å²) in [6.07, 6.45) is 2.90. The fourth-order valence-corrected chi connectivity index (χ4v) is 5.82. The first kappa shape index (κ1) is 29.3. The van der Waals surface area contributed by atoms with Crippen molar-refractivity contribution < 1.29 is 14.3 Å². The smallest absolute Gasteiger partial charge is 0.410 e. The molecule has 4 aromatic rings. The molecule has 2 heterocycles. The van der Waals surface area contributed by atoms with Crippen LogP contribution in [0.25, 0.3) is 22.2 Å². The van der Waals surface area contributed by atoms with E-state index in [2.05, 4.69) is 36.5 Å². The van der Waals surface area contributed by atoms with Gasteiger partial charge in [0.15, 0.2) is 0 Å². The Kier molecular flexibility index (Phi) is 8.91. The average Bonchev–Trinajstić information content (AvgIpc) is 2.99. The van der Waals surface area contributed by atoms with E-state index in [0.717, 1.165) is 52.5 Å². The number of pyridine rings is 1. The van der Waals surface area contributed by atoms with Gasteiger partial charge in [0.25, 0.3) is 5.91 Å². The molecule has 6 heteroatoms. The molecule has 6 nitrogen and oxygen atoms in total. The number of carbonyl (C=O) groups excluding carboxylic acids is 2. The molecule has 42 heavy (non-hydrogen) atoms. The Morgan fingerprint density at radius 3 is 2.19 bits per heavy atom. The molecule has 3 aromatic carbocycles. The van der Waals surface area contributed by atoms with Crippen molar-refractivity contribution >= 4 is 22.9 Å². The summed E-state index contributed by atoms with van der Waals surface area (Å²) in [6.45, 7) is 9.04. The van der Waals surface area contributed by atoms with Gasteiger partial charge in [-0.05, 0) is 69.6 Å². The van der Waals surface area contributed by atoms with Gasteiger partial charge in [0.05, 0.1) is 22.8 Å². The third-order valence-corrected chi connectivity index (χ3v) is 7.94. The van der Waals surface area contributed by atoms with Crippen LogP contribution in [0.4, 0.5) is 4.79 Å². The van der Waals surface area contributed by atoms with E-state index in [9.17, 15) is 9.59 Å². The summed E-state index contributed by atoms with van der Waals surface area (Å²) in [5.41, 5.74) is 4.88. The molecule has 0 aliphatic carbocycles. The summed E-state index contributed by atoms with van der Waals surface area (Å²) < 4.78 is 5.61.